The molecule has 1 amide bonds. The predicted octanol–water partition coefficient (Wildman–Crippen LogP) is 4.12. The first-order valence-corrected chi connectivity index (χ1v) is 8.09. The van der Waals surface area contributed by atoms with Gasteiger partial charge in [0.1, 0.15) is 0 Å². The van der Waals surface area contributed by atoms with Crippen molar-refractivity contribution < 1.29 is 9.72 Å². The monoisotopic (exact) mass is 321 g/mol. The maximum atomic E-state index is 12.4. The quantitative estimate of drug-likeness (QED) is 0.428. The van der Waals surface area contributed by atoms with Gasteiger partial charge in [-0.3, -0.25) is 14.9 Å². The van der Waals surface area contributed by atoms with Crippen LogP contribution in [0.5, 0.6) is 0 Å². The molecule has 6 nitrogen and oxygen atoms in total. The molecule has 0 saturated carbocycles. The fourth-order valence-corrected chi connectivity index (χ4v) is 2.17. The lowest BCUT2D eigenvalue weighted by Gasteiger charge is -2.21. The van der Waals surface area contributed by atoms with Crippen molar-refractivity contribution in [3.8, 4) is 0 Å². The van der Waals surface area contributed by atoms with Crippen molar-refractivity contribution in [1.82, 2.24) is 5.32 Å². The Bertz CT molecular complexity index is 551. The first-order valence-electron chi connectivity index (χ1n) is 8.09. The number of carbonyl (C=O) groups excluding carboxylic acids is 1. The Labute approximate surface area is 137 Å². The highest BCUT2D eigenvalue weighted by Crippen LogP contribution is 2.23. The second kappa shape index (κ2) is 8.50. The van der Waals surface area contributed by atoms with Gasteiger partial charge in [0.05, 0.1) is 16.2 Å². The van der Waals surface area contributed by atoms with Crippen LogP contribution in [0.4, 0.5) is 11.4 Å². The topological polar surface area (TPSA) is 84.3 Å². The molecule has 0 aliphatic heterocycles. The van der Waals surface area contributed by atoms with Gasteiger partial charge in [0.25, 0.3) is 11.6 Å². The maximum absolute atomic E-state index is 12.4. The van der Waals surface area contributed by atoms with E-state index in [-0.39, 0.29) is 17.1 Å². The zero-order valence-corrected chi connectivity index (χ0v) is 14.4. The maximum Gasteiger partial charge on any atom is 0.271 e. The molecule has 0 atom stereocenters. The smallest absolute Gasteiger partial charge is 0.271 e. The second-order valence-electron chi connectivity index (χ2n) is 6.68. The molecule has 0 bridgehead atoms. The van der Waals surface area contributed by atoms with Crippen molar-refractivity contribution in [2.24, 2.45) is 0 Å². The summed E-state index contributed by atoms with van der Waals surface area (Å²) in [4.78, 5) is 22.9. The Balaban J connectivity index is 2.90. The van der Waals surface area contributed by atoms with Gasteiger partial charge in [0.2, 0.25) is 0 Å². The summed E-state index contributed by atoms with van der Waals surface area (Å²) in [5.41, 5.74) is 0.559. The lowest BCUT2D eigenvalue weighted by molar-refractivity contribution is -0.384. The fraction of sp³-hybridized carbons (Fsp3) is 0.588. The Morgan fingerprint density at radius 2 is 1.91 bits per heavy atom. The number of nitro groups is 1. The summed E-state index contributed by atoms with van der Waals surface area (Å²) in [5, 5.41) is 17.0. The third-order valence-corrected chi connectivity index (χ3v) is 3.29. The minimum Gasteiger partial charge on any atom is -0.384 e. The summed E-state index contributed by atoms with van der Waals surface area (Å²) in [7, 11) is 0. The van der Waals surface area contributed by atoms with Gasteiger partial charge in [0.15, 0.2) is 0 Å². The molecule has 0 saturated heterocycles. The van der Waals surface area contributed by atoms with Crippen molar-refractivity contribution in [2.45, 2.75) is 58.9 Å². The molecule has 0 fully saturated rings. The molecule has 1 rings (SSSR count). The number of unbranched alkanes of at least 4 members (excludes halogenated alkanes) is 3. The Morgan fingerprint density at radius 3 is 2.48 bits per heavy atom. The highest BCUT2D eigenvalue weighted by molar-refractivity contribution is 6.00. The van der Waals surface area contributed by atoms with Crippen molar-refractivity contribution in [3.63, 3.8) is 0 Å². The molecule has 6 heteroatoms. The van der Waals surface area contributed by atoms with Crippen molar-refractivity contribution in [3.05, 3.63) is 33.9 Å². The molecule has 23 heavy (non-hydrogen) atoms. The normalized spacial score (nSPS) is 11.1. The van der Waals surface area contributed by atoms with Crippen molar-refractivity contribution >= 4 is 17.3 Å². The molecule has 1 aromatic carbocycles. The summed E-state index contributed by atoms with van der Waals surface area (Å²) in [5.74, 6) is -0.233. The number of non-ortho nitro benzene ring substituents is 1. The number of nitrogens with one attached hydrogen (secondary N) is 2. The first-order chi connectivity index (χ1) is 10.7. The van der Waals surface area contributed by atoms with Crippen LogP contribution in [-0.2, 0) is 0 Å². The van der Waals surface area contributed by atoms with E-state index in [9.17, 15) is 14.9 Å². The van der Waals surface area contributed by atoms with Crippen LogP contribution in [0.1, 0.15) is 63.7 Å². The van der Waals surface area contributed by atoms with Gasteiger partial charge < -0.3 is 10.6 Å². The van der Waals surface area contributed by atoms with E-state index in [1.807, 2.05) is 20.8 Å². The van der Waals surface area contributed by atoms with Crippen molar-refractivity contribution in [1.29, 1.82) is 0 Å². The molecule has 1 aromatic rings. The van der Waals surface area contributed by atoms with Crippen LogP contribution in [0.3, 0.4) is 0 Å². The van der Waals surface area contributed by atoms with E-state index in [4.69, 9.17) is 0 Å². The van der Waals surface area contributed by atoms with Gasteiger partial charge in [-0.05, 0) is 33.3 Å². The lowest BCUT2D eigenvalue weighted by atomic mass is 10.1. The van der Waals surface area contributed by atoms with E-state index in [0.29, 0.717) is 17.8 Å². The average Bonchev–Trinajstić information content (AvgIpc) is 2.45. The zero-order chi connectivity index (χ0) is 17.5. The van der Waals surface area contributed by atoms with Gasteiger partial charge in [-0.2, -0.15) is 0 Å². The highest BCUT2D eigenvalue weighted by Gasteiger charge is 2.20. The van der Waals surface area contributed by atoms with Gasteiger partial charge >= 0.3 is 0 Å². The largest absolute Gasteiger partial charge is 0.384 e. The third-order valence-electron chi connectivity index (χ3n) is 3.29. The number of hydrogen-bond donors (Lipinski definition) is 2. The van der Waals surface area contributed by atoms with Crippen LogP contribution < -0.4 is 10.6 Å². The van der Waals surface area contributed by atoms with Crippen molar-refractivity contribution in [2.75, 3.05) is 11.9 Å². The number of nitro benzene ring substituents is 1. The molecular formula is C17H27N3O3. The lowest BCUT2D eigenvalue weighted by Crippen LogP contribution is -2.40. The number of carbonyl (C=O) groups is 1. The molecule has 2 N–H and O–H groups in total. The molecule has 0 aromatic heterocycles. The number of amides is 1. The predicted molar refractivity (Wildman–Crippen MR) is 92.9 cm³/mol. The molecule has 0 radical (unpaired) electrons. The van der Waals surface area contributed by atoms with E-state index in [1.54, 1.807) is 0 Å². The summed E-state index contributed by atoms with van der Waals surface area (Å²) in [6, 6.07) is 4.30. The molecule has 128 valence electrons. The SMILES string of the molecule is CCCCCCNc1cc([N+](=O)[O-])ccc1C(=O)NC(C)(C)C. The summed E-state index contributed by atoms with van der Waals surface area (Å²) in [6.45, 7) is 8.52. The van der Waals surface area contributed by atoms with Crippen LogP contribution in [0.15, 0.2) is 18.2 Å². The Kier molecular flexibility index (Phi) is 7.00. The zero-order valence-electron chi connectivity index (χ0n) is 14.4. The van der Waals surface area contributed by atoms with E-state index < -0.39 is 4.92 Å². The summed E-state index contributed by atoms with van der Waals surface area (Å²) >= 11 is 0. The van der Waals surface area contributed by atoms with Gasteiger partial charge in [-0.15, -0.1) is 0 Å². The Morgan fingerprint density at radius 1 is 1.22 bits per heavy atom. The van der Waals surface area contributed by atoms with Crippen LogP contribution in [0.25, 0.3) is 0 Å². The molecule has 0 aliphatic carbocycles. The van der Waals surface area contributed by atoms with Crippen LogP contribution in [-0.4, -0.2) is 22.9 Å². The van der Waals surface area contributed by atoms with E-state index in [1.165, 1.54) is 18.2 Å². The number of anilines is 1. The van der Waals surface area contributed by atoms with Crippen LogP contribution in [0.2, 0.25) is 0 Å². The van der Waals surface area contributed by atoms with Gasteiger partial charge in [-0.1, -0.05) is 26.2 Å². The van der Waals surface area contributed by atoms with Gasteiger partial charge in [-0.25, -0.2) is 0 Å². The summed E-state index contributed by atoms with van der Waals surface area (Å²) in [6.07, 6.45) is 4.38. The first kappa shape index (κ1) is 18.9. The highest BCUT2D eigenvalue weighted by atomic mass is 16.6. The van der Waals surface area contributed by atoms with E-state index >= 15 is 0 Å². The average molecular weight is 321 g/mol. The molecule has 0 aliphatic rings. The number of benzene rings is 1. The molecule has 0 heterocycles. The number of hydrogen-bond acceptors (Lipinski definition) is 4. The Hall–Kier alpha value is -2.11. The molecular weight excluding hydrogens is 294 g/mol. The van der Waals surface area contributed by atoms with Crippen LogP contribution >= 0.6 is 0 Å². The van der Waals surface area contributed by atoms with Crippen LogP contribution in [0, 0.1) is 10.1 Å². The fourth-order valence-electron chi connectivity index (χ4n) is 2.17. The van der Waals surface area contributed by atoms with E-state index in [2.05, 4.69) is 17.6 Å². The molecule has 0 spiro atoms. The standard InChI is InChI=1S/C17H27N3O3/c1-5-6-7-8-11-18-15-12-13(20(22)23)9-10-14(15)16(21)19-17(2,3)4/h9-10,12,18H,5-8,11H2,1-4H3,(H,19,21). The minimum absolute atomic E-state index is 0.0200. The third kappa shape index (κ3) is 6.67. The minimum atomic E-state index is -0.451. The second-order valence-corrected chi connectivity index (χ2v) is 6.68. The number of nitrogens with zero attached hydrogens (tertiary/aromatic N) is 1. The number of rotatable bonds is 8. The summed E-state index contributed by atoms with van der Waals surface area (Å²) < 4.78 is 0. The molecule has 0 unspecified atom stereocenters. The van der Waals surface area contributed by atoms with E-state index in [0.717, 1.165) is 25.7 Å². The van der Waals surface area contributed by atoms with Gasteiger partial charge in [0, 0.05) is 24.2 Å².